The molecule has 0 bridgehead atoms. The number of benzene rings is 1. The highest BCUT2D eigenvalue weighted by molar-refractivity contribution is 7.90. The second-order valence-corrected chi connectivity index (χ2v) is 8.56. The minimum Gasteiger partial charge on any atom is -0.506 e. The molecule has 1 aliphatic rings. The molecule has 1 aromatic carbocycles. The number of nitrogens with one attached hydrogen (secondary N) is 1. The molecule has 0 radical (unpaired) electrons. The molecule has 3 heterocycles. The number of halogens is 1. The molecule has 30 heavy (non-hydrogen) atoms. The van der Waals surface area contributed by atoms with E-state index < -0.39 is 32.0 Å². The lowest BCUT2D eigenvalue weighted by Gasteiger charge is -2.22. The monoisotopic (exact) mass is 430 g/mol. The third-order valence-electron chi connectivity index (χ3n) is 5.00. The van der Waals surface area contributed by atoms with Crippen molar-refractivity contribution in [1.82, 2.24) is 9.55 Å². The number of hydrogen-bond donors (Lipinski definition) is 2. The fourth-order valence-corrected chi connectivity index (χ4v) is 4.73. The Morgan fingerprint density at radius 1 is 1.27 bits per heavy atom. The highest BCUT2D eigenvalue weighted by atomic mass is 32.2. The van der Waals surface area contributed by atoms with Crippen molar-refractivity contribution in [2.24, 2.45) is 4.40 Å². The van der Waals surface area contributed by atoms with Crippen LogP contribution in [0, 0.1) is 12.7 Å². The van der Waals surface area contributed by atoms with Gasteiger partial charge in [0.2, 0.25) is 0 Å². The zero-order valence-corrected chi connectivity index (χ0v) is 17.1. The van der Waals surface area contributed by atoms with Crippen LogP contribution in [0.1, 0.15) is 30.9 Å². The number of anilines is 1. The summed E-state index contributed by atoms with van der Waals surface area (Å²) in [5.74, 6) is -1.73. The van der Waals surface area contributed by atoms with Crippen molar-refractivity contribution in [3.8, 4) is 5.75 Å². The van der Waals surface area contributed by atoms with Crippen molar-refractivity contribution < 1.29 is 17.9 Å². The van der Waals surface area contributed by atoms with Gasteiger partial charge in [-0.1, -0.05) is 19.4 Å². The van der Waals surface area contributed by atoms with E-state index in [2.05, 4.69) is 14.7 Å². The average Bonchev–Trinajstić information content (AvgIpc) is 2.70. The first kappa shape index (κ1) is 20.0. The van der Waals surface area contributed by atoms with Gasteiger partial charge in [0.1, 0.15) is 27.7 Å². The van der Waals surface area contributed by atoms with E-state index in [4.69, 9.17) is 0 Å². The molecular formula is C20H19FN4O4S. The lowest BCUT2D eigenvalue weighted by Crippen LogP contribution is -2.33. The first-order valence-corrected chi connectivity index (χ1v) is 10.8. The smallest absolute Gasteiger partial charge is 0.289 e. The lowest BCUT2D eigenvalue weighted by molar-refractivity contribution is 0.476. The van der Waals surface area contributed by atoms with E-state index in [9.17, 15) is 22.7 Å². The van der Waals surface area contributed by atoms with Crippen molar-refractivity contribution in [3.63, 3.8) is 0 Å². The number of aryl methyl sites for hydroxylation is 2. The normalized spacial score (nSPS) is 14.8. The Morgan fingerprint density at radius 2 is 2.03 bits per heavy atom. The molecular weight excluding hydrogens is 411 g/mol. The van der Waals surface area contributed by atoms with Crippen LogP contribution in [0.3, 0.4) is 0 Å². The van der Waals surface area contributed by atoms with Gasteiger partial charge >= 0.3 is 0 Å². The molecule has 2 N–H and O–H groups in total. The number of rotatable bonds is 4. The van der Waals surface area contributed by atoms with Gasteiger partial charge in [-0.05, 0) is 37.1 Å². The summed E-state index contributed by atoms with van der Waals surface area (Å²) in [7, 11) is -4.43. The molecule has 10 heteroatoms. The first-order valence-electron chi connectivity index (χ1n) is 9.38. The quantitative estimate of drug-likeness (QED) is 0.658. The number of aromatic hydroxyl groups is 1. The summed E-state index contributed by atoms with van der Waals surface area (Å²) in [4.78, 5) is 16.9. The molecule has 0 saturated carbocycles. The molecule has 1 aliphatic heterocycles. The van der Waals surface area contributed by atoms with Gasteiger partial charge in [0.25, 0.3) is 15.6 Å². The predicted molar refractivity (Wildman–Crippen MR) is 111 cm³/mol. The molecule has 0 saturated heterocycles. The molecule has 0 fully saturated rings. The highest BCUT2D eigenvalue weighted by Gasteiger charge is 2.33. The van der Waals surface area contributed by atoms with Crippen LogP contribution in [0.25, 0.3) is 11.0 Å². The Kier molecular flexibility index (Phi) is 4.81. The number of sulfonamides is 1. The zero-order chi connectivity index (χ0) is 21.6. The van der Waals surface area contributed by atoms with Crippen molar-refractivity contribution in [2.45, 2.75) is 38.1 Å². The number of hydrogen-bond acceptors (Lipinski definition) is 6. The van der Waals surface area contributed by atoms with Crippen molar-refractivity contribution >= 4 is 32.6 Å². The first-order chi connectivity index (χ1) is 14.3. The molecule has 3 aromatic rings. The van der Waals surface area contributed by atoms with Crippen LogP contribution in [0.5, 0.6) is 5.75 Å². The number of fused-ring (bicyclic) bond motifs is 2. The standard InChI is InChI=1S/C20H19FN4O4S/c1-3-4-10-25-19-12(6-5-9-22-19)16(26)14(20(25)27)18-23-15-11(2)7-8-13(21)17(15)30(28,29)24-18/h5-9,26H,3-4,10H2,1-2H3,(H,23,24). The predicted octanol–water partition coefficient (Wildman–Crippen LogP) is 2.91. The summed E-state index contributed by atoms with van der Waals surface area (Å²) in [6, 6.07) is 5.65. The number of amidine groups is 1. The zero-order valence-electron chi connectivity index (χ0n) is 16.3. The third-order valence-corrected chi connectivity index (χ3v) is 6.33. The van der Waals surface area contributed by atoms with Crippen LogP contribution in [0.2, 0.25) is 0 Å². The number of nitrogens with zero attached hydrogens (tertiary/aromatic N) is 3. The summed E-state index contributed by atoms with van der Waals surface area (Å²) < 4.78 is 44.6. The Labute approximate surface area is 171 Å². The Morgan fingerprint density at radius 3 is 2.77 bits per heavy atom. The molecule has 4 rings (SSSR count). The average molecular weight is 430 g/mol. The summed E-state index contributed by atoms with van der Waals surface area (Å²) in [6.45, 7) is 3.91. The number of unbranched alkanes of at least 4 members (excludes halogenated alkanes) is 1. The molecule has 0 spiro atoms. The number of aromatic nitrogens is 2. The molecule has 0 amide bonds. The van der Waals surface area contributed by atoms with Gasteiger partial charge in [0.05, 0.1) is 11.1 Å². The second kappa shape index (κ2) is 7.21. The molecule has 0 aliphatic carbocycles. The Balaban J connectivity index is 2.02. The summed E-state index contributed by atoms with van der Waals surface area (Å²) in [6.07, 6.45) is 3.00. The Hall–Kier alpha value is -3.27. The van der Waals surface area contributed by atoms with E-state index >= 15 is 0 Å². The van der Waals surface area contributed by atoms with E-state index in [1.807, 2.05) is 6.92 Å². The van der Waals surface area contributed by atoms with E-state index in [1.54, 1.807) is 19.1 Å². The van der Waals surface area contributed by atoms with E-state index in [1.165, 1.54) is 16.8 Å². The SMILES string of the molecule is CCCCn1c(=O)c(C2=NS(=O)(=O)c3c(F)ccc(C)c3N2)c(O)c2cccnc21. The van der Waals surface area contributed by atoms with Crippen LogP contribution in [-0.4, -0.2) is 28.9 Å². The fourth-order valence-electron chi connectivity index (χ4n) is 3.48. The van der Waals surface area contributed by atoms with Gasteiger partial charge in [-0.25, -0.2) is 9.37 Å². The lowest BCUT2D eigenvalue weighted by atomic mass is 10.1. The largest absolute Gasteiger partial charge is 0.506 e. The third kappa shape index (κ3) is 3.04. The van der Waals surface area contributed by atoms with Crippen molar-refractivity contribution in [2.75, 3.05) is 5.32 Å². The summed E-state index contributed by atoms with van der Waals surface area (Å²) in [5, 5.41) is 13.9. The molecule has 156 valence electrons. The topological polar surface area (TPSA) is 114 Å². The Bertz CT molecular complexity index is 1380. The van der Waals surface area contributed by atoms with Gasteiger partial charge in [0, 0.05) is 12.7 Å². The molecule has 2 aromatic heterocycles. The fraction of sp³-hybridized carbons (Fsp3) is 0.250. The maximum absolute atomic E-state index is 14.2. The van der Waals surface area contributed by atoms with Gasteiger partial charge in [-0.2, -0.15) is 8.42 Å². The van der Waals surface area contributed by atoms with Crippen LogP contribution in [0.4, 0.5) is 10.1 Å². The van der Waals surface area contributed by atoms with Crippen LogP contribution in [0.15, 0.2) is 44.6 Å². The maximum Gasteiger partial charge on any atom is 0.289 e. The van der Waals surface area contributed by atoms with Gasteiger partial charge in [-0.15, -0.1) is 4.40 Å². The minimum absolute atomic E-state index is 0.00908. The van der Waals surface area contributed by atoms with Gasteiger partial charge in [-0.3, -0.25) is 9.36 Å². The van der Waals surface area contributed by atoms with Crippen LogP contribution < -0.4 is 10.9 Å². The van der Waals surface area contributed by atoms with Crippen LogP contribution in [-0.2, 0) is 16.6 Å². The van der Waals surface area contributed by atoms with E-state index in [-0.39, 0.29) is 22.5 Å². The van der Waals surface area contributed by atoms with Crippen LogP contribution >= 0.6 is 0 Å². The van der Waals surface area contributed by atoms with E-state index in [0.29, 0.717) is 24.2 Å². The van der Waals surface area contributed by atoms with Gasteiger partial charge in [0.15, 0.2) is 5.84 Å². The minimum atomic E-state index is -4.43. The molecule has 0 atom stereocenters. The van der Waals surface area contributed by atoms with Crippen molar-refractivity contribution in [3.05, 3.63) is 57.8 Å². The summed E-state index contributed by atoms with van der Waals surface area (Å²) in [5.41, 5.74) is -0.199. The van der Waals surface area contributed by atoms with Gasteiger partial charge < -0.3 is 10.4 Å². The summed E-state index contributed by atoms with van der Waals surface area (Å²) >= 11 is 0. The highest BCUT2D eigenvalue weighted by Crippen LogP contribution is 2.35. The second-order valence-electron chi connectivity index (χ2n) is 7.02. The number of pyridine rings is 2. The molecule has 0 unspecified atom stereocenters. The van der Waals surface area contributed by atoms with Crippen molar-refractivity contribution in [1.29, 1.82) is 0 Å². The maximum atomic E-state index is 14.2. The molecule has 8 nitrogen and oxygen atoms in total. The van der Waals surface area contributed by atoms with E-state index in [0.717, 1.165) is 12.5 Å².